The highest BCUT2D eigenvalue weighted by atomic mass is 19.2. The molecule has 0 heterocycles. The standard InChI is InChI=1S/C11H11F3O2/c1-3-7(11(15)16-2)8-4-6(12)5-9(13)10(8)14/h4-5,7H,3H2,1-2H3. The maximum Gasteiger partial charge on any atom is 0.313 e. The van der Waals surface area contributed by atoms with Gasteiger partial charge in [0.2, 0.25) is 0 Å². The molecule has 0 aliphatic heterocycles. The first-order chi connectivity index (χ1) is 7.51. The van der Waals surface area contributed by atoms with E-state index in [2.05, 4.69) is 4.74 Å². The summed E-state index contributed by atoms with van der Waals surface area (Å²) in [6.45, 7) is 1.60. The highest BCUT2D eigenvalue weighted by Gasteiger charge is 2.25. The van der Waals surface area contributed by atoms with Crippen LogP contribution >= 0.6 is 0 Å². The Labute approximate surface area is 91.0 Å². The first-order valence-electron chi connectivity index (χ1n) is 4.73. The molecule has 0 amide bonds. The molecule has 1 atom stereocenters. The fourth-order valence-electron chi connectivity index (χ4n) is 1.49. The van der Waals surface area contributed by atoms with Gasteiger partial charge in [-0.2, -0.15) is 0 Å². The van der Waals surface area contributed by atoms with Crippen LogP contribution in [0.1, 0.15) is 24.8 Å². The smallest absolute Gasteiger partial charge is 0.313 e. The summed E-state index contributed by atoms with van der Waals surface area (Å²) in [7, 11) is 1.14. The van der Waals surface area contributed by atoms with Gasteiger partial charge in [0.25, 0.3) is 0 Å². The van der Waals surface area contributed by atoms with Crippen molar-refractivity contribution in [2.75, 3.05) is 7.11 Å². The number of carbonyl (C=O) groups excluding carboxylic acids is 1. The van der Waals surface area contributed by atoms with Crippen LogP contribution in [-0.4, -0.2) is 13.1 Å². The Hall–Kier alpha value is -1.52. The average molecular weight is 232 g/mol. The summed E-state index contributed by atoms with van der Waals surface area (Å²) in [6.07, 6.45) is 0.201. The Morgan fingerprint density at radius 3 is 2.50 bits per heavy atom. The summed E-state index contributed by atoms with van der Waals surface area (Å²) in [5.41, 5.74) is -0.313. The normalized spacial score (nSPS) is 12.3. The van der Waals surface area contributed by atoms with E-state index in [1.165, 1.54) is 0 Å². The van der Waals surface area contributed by atoms with Crippen molar-refractivity contribution >= 4 is 5.97 Å². The van der Waals surface area contributed by atoms with Gasteiger partial charge in [0, 0.05) is 11.6 Å². The molecule has 1 aromatic carbocycles. The number of benzene rings is 1. The maximum absolute atomic E-state index is 13.4. The Kier molecular flexibility index (Phi) is 3.93. The van der Waals surface area contributed by atoms with Crippen LogP contribution in [0.15, 0.2) is 12.1 Å². The second kappa shape index (κ2) is 5.01. The van der Waals surface area contributed by atoms with Crippen LogP contribution < -0.4 is 0 Å². The minimum atomic E-state index is -1.31. The van der Waals surface area contributed by atoms with E-state index in [1.54, 1.807) is 6.92 Å². The van der Waals surface area contributed by atoms with E-state index in [-0.39, 0.29) is 12.0 Å². The van der Waals surface area contributed by atoms with Gasteiger partial charge in [-0.05, 0) is 12.5 Å². The Bertz CT molecular complexity index is 404. The third kappa shape index (κ3) is 2.35. The molecule has 0 N–H and O–H groups in total. The van der Waals surface area contributed by atoms with E-state index < -0.39 is 29.3 Å². The van der Waals surface area contributed by atoms with Crippen LogP contribution in [0, 0.1) is 17.5 Å². The van der Waals surface area contributed by atoms with Gasteiger partial charge in [-0.3, -0.25) is 4.79 Å². The average Bonchev–Trinajstić information content (AvgIpc) is 2.25. The van der Waals surface area contributed by atoms with Gasteiger partial charge in [-0.1, -0.05) is 6.92 Å². The lowest BCUT2D eigenvalue weighted by molar-refractivity contribution is -0.142. The molecule has 0 saturated carbocycles. The van der Waals surface area contributed by atoms with Crippen LogP contribution in [-0.2, 0) is 9.53 Å². The number of halogens is 3. The van der Waals surface area contributed by atoms with Gasteiger partial charge >= 0.3 is 5.97 Å². The highest BCUT2D eigenvalue weighted by molar-refractivity contribution is 5.78. The molecule has 88 valence electrons. The molecular formula is C11H11F3O2. The number of rotatable bonds is 3. The number of ether oxygens (including phenoxy) is 1. The van der Waals surface area contributed by atoms with Crippen molar-refractivity contribution in [1.82, 2.24) is 0 Å². The van der Waals surface area contributed by atoms with Crippen molar-refractivity contribution in [2.24, 2.45) is 0 Å². The largest absolute Gasteiger partial charge is 0.469 e. The third-order valence-corrected chi connectivity index (χ3v) is 2.29. The Morgan fingerprint density at radius 2 is 2.00 bits per heavy atom. The summed E-state index contributed by atoms with van der Waals surface area (Å²) < 4.78 is 43.7. The summed E-state index contributed by atoms with van der Waals surface area (Å²) in [5.74, 6) is -5.14. The predicted octanol–water partition coefficient (Wildman–Crippen LogP) is 2.77. The van der Waals surface area contributed by atoms with Gasteiger partial charge in [0.15, 0.2) is 11.6 Å². The quantitative estimate of drug-likeness (QED) is 0.591. The number of carbonyl (C=O) groups is 1. The lowest BCUT2D eigenvalue weighted by Crippen LogP contribution is -2.15. The lowest BCUT2D eigenvalue weighted by atomic mass is 9.96. The zero-order chi connectivity index (χ0) is 12.3. The van der Waals surface area contributed by atoms with E-state index in [0.717, 1.165) is 13.2 Å². The number of hydrogen-bond acceptors (Lipinski definition) is 2. The molecule has 1 unspecified atom stereocenters. The molecule has 16 heavy (non-hydrogen) atoms. The molecule has 0 saturated heterocycles. The summed E-state index contributed by atoms with van der Waals surface area (Å²) in [4.78, 5) is 11.3. The van der Waals surface area contributed by atoms with E-state index in [0.29, 0.717) is 6.07 Å². The highest BCUT2D eigenvalue weighted by Crippen LogP contribution is 2.26. The van der Waals surface area contributed by atoms with Gasteiger partial charge in [0.05, 0.1) is 13.0 Å². The van der Waals surface area contributed by atoms with Crippen LogP contribution in [0.2, 0.25) is 0 Å². The van der Waals surface area contributed by atoms with Crippen molar-refractivity contribution in [2.45, 2.75) is 19.3 Å². The molecule has 0 spiro atoms. The molecule has 0 aliphatic rings. The second-order valence-electron chi connectivity index (χ2n) is 3.27. The number of esters is 1. The van der Waals surface area contributed by atoms with Crippen LogP contribution in [0.25, 0.3) is 0 Å². The predicted molar refractivity (Wildman–Crippen MR) is 51.4 cm³/mol. The van der Waals surface area contributed by atoms with E-state index in [4.69, 9.17) is 0 Å². The monoisotopic (exact) mass is 232 g/mol. The molecule has 5 heteroatoms. The SMILES string of the molecule is CCC(C(=O)OC)c1cc(F)cc(F)c1F. The fourth-order valence-corrected chi connectivity index (χ4v) is 1.49. The topological polar surface area (TPSA) is 26.3 Å². The minimum Gasteiger partial charge on any atom is -0.469 e. The van der Waals surface area contributed by atoms with Gasteiger partial charge in [-0.15, -0.1) is 0 Å². The van der Waals surface area contributed by atoms with Crippen molar-refractivity contribution in [3.8, 4) is 0 Å². The second-order valence-corrected chi connectivity index (χ2v) is 3.27. The lowest BCUT2D eigenvalue weighted by Gasteiger charge is -2.13. The van der Waals surface area contributed by atoms with Gasteiger partial charge in [-0.25, -0.2) is 13.2 Å². The number of methoxy groups -OCH3 is 1. The van der Waals surface area contributed by atoms with Crippen LogP contribution in [0.5, 0.6) is 0 Å². The molecule has 1 rings (SSSR count). The van der Waals surface area contributed by atoms with Gasteiger partial charge < -0.3 is 4.74 Å². The van der Waals surface area contributed by atoms with E-state index >= 15 is 0 Å². The third-order valence-electron chi connectivity index (χ3n) is 2.29. The first kappa shape index (κ1) is 12.5. The van der Waals surface area contributed by atoms with Crippen molar-refractivity contribution in [3.05, 3.63) is 35.1 Å². The van der Waals surface area contributed by atoms with Crippen molar-refractivity contribution in [3.63, 3.8) is 0 Å². The molecule has 2 nitrogen and oxygen atoms in total. The molecule has 0 aliphatic carbocycles. The first-order valence-corrected chi connectivity index (χ1v) is 4.73. The zero-order valence-corrected chi connectivity index (χ0v) is 8.89. The number of hydrogen-bond donors (Lipinski definition) is 0. The van der Waals surface area contributed by atoms with Gasteiger partial charge in [0.1, 0.15) is 5.82 Å². The minimum absolute atomic E-state index is 0.201. The van der Waals surface area contributed by atoms with Crippen molar-refractivity contribution < 1.29 is 22.7 Å². The molecule has 0 radical (unpaired) electrons. The molecule has 0 aromatic heterocycles. The summed E-state index contributed by atoms with van der Waals surface area (Å²) >= 11 is 0. The Balaban J connectivity index is 3.24. The van der Waals surface area contributed by atoms with Crippen LogP contribution in [0.4, 0.5) is 13.2 Å². The summed E-state index contributed by atoms with van der Waals surface area (Å²) in [6, 6.07) is 1.24. The van der Waals surface area contributed by atoms with E-state index in [9.17, 15) is 18.0 Å². The summed E-state index contributed by atoms with van der Waals surface area (Å²) in [5, 5.41) is 0. The van der Waals surface area contributed by atoms with Crippen LogP contribution in [0.3, 0.4) is 0 Å². The van der Waals surface area contributed by atoms with Crippen molar-refractivity contribution in [1.29, 1.82) is 0 Å². The fraction of sp³-hybridized carbons (Fsp3) is 0.364. The molecule has 0 fully saturated rings. The molecular weight excluding hydrogens is 221 g/mol. The van der Waals surface area contributed by atoms with E-state index in [1.807, 2.05) is 0 Å². The molecule has 1 aromatic rings. The Morgan fingerprint density at radius 1 is 1.38 bits per heavy atom. The zero-order valence-electron chi connectivity index (χ0n) is 8.89. The maximum atomic E-state index is 13.4. The molecule has 0 bridgehead atoms.